The van der Waals surface area contributed by atoms with Crippen LogP contribution in [-0.2, 0) is 22.7 Å². The maximum absolute atomic E-state index is 13.1. The van der Waals surface area contributed by atoms with Gasteiger partial charge in [0.2, 0.25) is 11.8 Å². The fourth-order valence-corrected chi connectivity index (χ4v) is 4.56. The van der Waals surface area contributed by atoms with E-state index >= 15 is 0 Å². The molecule has 0 aromatic heterocycles. The van der Waals surface area contributed by atoms with E-state index in [4.69, 9.17) is 0 Å². The van der Waals surface area contributed by atoms with Gasteiger partial charge in [0.15, 0.2) is 0 Å². The summed E-state index contributed by atoms with van der Waals surface area (Å²) in [7, 11) is 0. The molecule has 3 amide bonds. The molecule has 3 heterocycles. The molecule has 1 aromatic rings. The monoisotopic (exact) mass is 384 g/mol. The van der Waals surface area contributed by atoms with Crippen molar-refractivity contribution < 1.29 is 14.4 Å². The molecule has 0 bridgehead atoms. The number of hydrogen-bond acceptors (Lipinski definition) is 5. The maximum atomic E-state index is 13.1. The van der Waals surface area contributed by atoms with Crippen molar-refractivity contribution in [2.45, 2.75) is 45.3 Å². The molecule has 2 saturated heterocycles. The number of nitrogens with zero attached hydrogens (tertiary/aromatic N) is 1. The Bertz CT molecular complexity index is 794. The minimum absolute atomic E-state index is 0.102. The molecule has 28 heavy (non-hydrogen) atoms. The van der Waals surface area contributed by atoms with E-state index in [1.807, 2.05) is 18.2 Å². The van der Waals surface area contributed by atoms with Crippen molar-refractivity contribution in [1.82, 2.24) is 20.9 Å². The van der Waals surface area contributed by atoms with Gasteiger partial charge in [-0.25, -0.2) is 0 Å². The number of carbonyl (C=O) groups excluding carboxylic acids is 3. The van der Waals surface area contributed by atoms with E-state index in [-0.39, 0.29) is 24.1 Å². The first-order valence-electron chi connectivity index (χ1n) is 10.2. The van der Waals surface area contributed by atoms with Gasteiger partial charge in [-0.2, -0.15) is 0 Å². The van der Waals surface area contributed by atoms with E-state index in [2.05, 4.69) is 22.9 Å². The van der Waals surface area contributed by atoms with Gasteiger partial charge in [-0.1, -0.05) is 25.1 Å². The highest BCUT2D eigenvalue weighted by atomic mass is 16.2. The second-order valence-electron chi connectivity index (χ2n) is 8.21. The second-order valence-corrected chi connectivity index (χ2v) is 8.21. The predicted molar refractivity (Wildman–Crippen MR) is 104 cm³/mol. The molecule has 150 valence electrons. The van der Waals surface area contributed by atoms with Crippen molar-refractivity contribution in [1.29, 1.82) is 0 Å². The minimum atomic E-state index is -0.562. The fraction of sp³-hybridized carbons (Fsp3) is 0.571. The standard InChI is InChI=1S/C21H28N4O3/c1-13-7-8-22-10-16(13)11-23-9-14-3-2-4-15-12-25(21(28)19(14)15)17-5-6-18(26)24-20(17)27/h2-4,13,16-17,22-23H,5-12H2,1H3,(H,24,26,27). The van der Waals surface area contributed by atoms with E-state index in [0.29, 0.717) is 31.3 Å². The number of piperidine rings is 2. The molecule has 3 aliphatic rings. The predicted octanol–water partition coefficient (Wildman–Crippen LogP) is 0.783. The number of imide groups is 1. The number of amides is 3. The van der Waals surface area contributed by atoms with Crippen molar-refractivity contribution >= 4 is 17.7 Å². The zero-order valence-electron chi connectivity index (χ0n) is 16.3. The van der Waals surface area contributed by atoms with E-state index < -0.39 is 6.04 Å². The van der Waals surface area contributed by atoms with Crippen LogP contribution in [0.3, 0.4) is 0 Å². The second kappa shape index (κ2) is 8.01. The van der Waals surface area contributed by atoms with Crippen molar-refractivity contribution in [2.75, 3.05) is 19.6 Å². The van der Waals surface area contributed by atoms with E-state index in [9.17, 15) is 14.4 Å². The molecule has 4 rings (SSSR count). The molecule has 3 N–H and O–H groups in total. The summed E-state index contributed by atoms with van der Waals surface area (Å²) in [6, 6.07) is 5.35. The van der Waals surface area contributed by atoms with Crippen LogP contribution >= 0.6 is 0 Å². The fourth-order valence-electron chi connectivity index (χ4n) is 4.56. The third kappa shape index (κ3) is 3.69. The highest BCUT2D eigenvalue weighted by Gasteiger charge is 2.39. The van der Waals surface area contributed by atoms with Gasteiger partial charge in [0.25, 0.3) is 5.91 Å². The average molecular weight is 384 g/mol. The summed E-state index contributed by atoms with van der Waals surface area (Å²) in [6.45, 7) is 6.41. The normalized spacial score (nSPS) is 27.7. The molecule has 3 aliphatic heterocycles. The Balaban J connectivity index is 1.43. The SMILES string of the molecule is CC1CCNCC1CNCc1cccc2c1C(=O)N(C1CCC(=O)NC1=O)C2. The van der Waals surface area contributed by atoms with Gasteiger partial charge >= 0.3 is 0 Å². The number of carbonyl (C=O) groups is 3. The van der Waals surface area contributed by atoms with Gasteiger partial charge in [-0.3, -0.25) is 19.7 Å². The third-order valence-electron chi connectivity index (χ3n) is 6.35. The van der Waals surface area contributed by atoms with E-state index in [1.165, 1.54) is 6.42 Å². The van der Waals surface area contributed by atoms with Gasteiger partial charge in [0.05, 0.1) is 0 Å². The molecule has 0 spiro atoms. The Morgan fingerprint density at radius 3 is 2.86 bits per heavy atom. The molecule has 3 unspecified atom stereocenters. The number of hydrogen-bond donors (Lipinski definition) is 3. The summed E-state index contributed by atoms with van der Waals surface area (Å²) in [5, 5.41) is 9.33. The third-order valence-corrected chi connectivity index (χ3v) is 6.35. The highest BCUT2D eigenvalue weighted by molar-refractivity contribution is 6.05. The van der Waals surface area contributed by atoms with Crippen LogP contribution in [0.4, 0.5) is 0 Å². The number of rotatable bonds is 5. The quantitative estimate of drug-likeness (QED) is 0.653. The molecule has 7 nitrogen and oxygen atoms in total. The van der Waals surface area contributed by atoms with Crippen LogP contribution in [0.15, 0.2) is 18.2 Å². The smallest absolute Gasteiger partial charge is 0.255 e. The lowest BCUT2D eigenvalue weighted by molar-refractivity contribution is -0.136. The van der Waals surface area contributed by atoms with Crippen LogP contribution in [0, 0.1) is 11.8 Å². The molecule has 1 aromatic carbocycles. The molecule has 0 aliphatic carbocycles. The number of benzene rings is 1. The lowest BCUT2D eigenvalue weighted by Gasteiger charge is -2.30. The number of nitrogens with one attached hydrogen (secondary N) is 3. The largest absolute Gasteiger partial charge is 0.322 e. The first-order valence-corrected chi connectivity index (χ1v) is 10.2. The van der Waals surface area contributed by atoms with Crippen LogP contribution < -0.4 is 16.0 Å². The van der Waals surface area contributed by atoms with Crippen molar-refractivity contribution in [3.8, 4) is 0 Å². The number of fused-ring (bicyclic) bond motifs is 1. The Kier molecular flexibility index (Phi) is 5.46. The van der Waals surface area contributed by atoms with Gasteiger partial charge in [0.1, 0.15) is 6.04 Å². The summed E-state index contributed by atoms with van der Waals surface area (Å²) in [5.74, 6) is 0.563. The maximum Gasteiger partial charge on any atom is 0.255 e. The van der Waals surface area contributed by atoms with Gasteiger partial charge in [-0.05, 0) is 55.4 Å². The zero-order chi connectivity index (χ0) is 19.7. The average Bonchev–Trinajstić information content (AvgIpc) is 3.01. The Morgan fingerprint density at radius 1 is 1.21 bits per heavy atom. The topological polar surface area (TPSA) is 90.5 Å². The molecule has 0 radical (unpaired) electrons. The van der Waals surface area contributed by atoms with Crippen LogP contribution in [0.1, 0.15) is 47.7 Å². The lowest BCUT2D eigenvalue weighted by atomic mass is 9.88. The van der Waals surface area contributed by atoms with E-state index in [0.717, 1.165) is 36.3 Å². The van der Waals surface area contributed by atoms with Crippen LogP contribution in [-0.4, -0.2) is 48.3 Å². The molecule has 2 fully saturated rings. The van der Waals surface area contributed by atoms with Crippen molar-refractivity contribution in [2.24, 2.45) is 11.8 Å². The molecular formula is C21H28N4O3. The molecule has 3 atom stereocenters. The Hall–Kier alpha value is -2.25. The highest BCUT2D eigenvalue weighted by Crippen LogP contribution is 2.30. The minimum Gasteiger partial charge on any atom is -0.322 e. The van der Waals surface area contributed by atoms with Gasteiger partial charge in [0, 0.05) is 25.1 Å². The lowest BCUT2D eigenvalue weighted by Crippen LogP contribution is -2.52. The summed E-state index contributed by atoms with van der Waals surface area (Å²) in [6.07, 6.45) is 1.87. The first-order chi connectivity index (χ1) is 13.5. The van der Waals surface area contributed by atoms with Crippen molar-refractivity contribution in [3.63, 3.8) is 0 Å². The Morgan fingerprint density at radius 2 is 2.07 bits per heavy atom. The van der Waals surface area contributed by atoms with Gasteiger partial charge in [-0.15, -0.1) is 0 Å². The summed E-state index contributed by atoms with van der Waals surface area (Å²) in [4.78, 5) is 38.3. The summed E-state index contributed by atoms with van der Waals surface area (Å²) < 4.78 is 0. The van der Waals surface area contributed by atoms with Crippen LogP contribution in [0.25, 0.3) is 0 Å². The van der Waals surface area contributed by atoms with Crippen LogP contribution in [0.2, 0.25) is 0 Å². The summed E-state index contributed by atoms with van der Waals surface area (Å²) >= 11 is 0. The Labute approximate surface area is 165 Å². The molecule has 7 heteroatoms. The van der Waals surface area contributed by atoms with Gasteiger partial charge < -0.3 is 15.5 Å². The summed E-state index contributed by atoms with van der Waals surface area (Å²) in [5.41, 5.74) is 2.66. The van der Waals surface area contributed by atoms with E-state index in [1.54, 1.807) is 4.90 Å². The van der Waals surface area contributed by atoms with Crippen molar-refractivity contribution in [3.05, 3.63) is 34.9 Å². The first kappa shape index (κ1) is 19.1. The zero-order valence-corrected chi connectivity index (χ0v) is 16.3. The molecular weight excluding hydrogens is 356 g/mol. The van der Waals surface area contributed by atoms with Crippen LogP contribution in [0.5, 0.6) is 0 Å². The molecule has 0 saturated carbocycles.